The number of nitrogens with two attached hydrogens (primary N) is 1. The number of rotatable bonds is 5. The third-order valence-electron chi connectivity index (χ3n) is 3.92. The number of hydrazine groups is 1. The monoisotopic (exact) mass is 277 g/mol. The smallest absolute Gasteiger partial charge is 0.251 e. The van der Waals surface area contributed by atoms with Crippen molar-refractivity contribution in [2.75, 3.05) is 18.6 Å². The van der Waals surface area contributed by atoms with Gasteiger partial charge in [-0.05, 0) is 43.5 Å². The highest BCUT2D eigenvalue weighted by Gasteiger charge is 2.26. The highest BCUT2D eigenvalue weighted by molar-refractivity contribution is 5.94. The molecule has 20 heavy (non-hydrogen) atoms. The molecule has 1 aromatic rings. The Labute approximate surface area is 119 Å². The molecule has 5 nitrogen and oxygen atoms in total. The van der Waals surface area contributed by atoms with Gasteiger partial charge >= 0.3 is 0 Å². The maximum Gasteiger partial charge on any atom is 0.251 e. The summed E-state index contributed by atoms with van der Waals surface area (Å²) in [5.41, 5.74) is 5.05. The van der Waals surface area contributed by atoms with E-state index in [4.69, 9.17) is 10.6 Å². The van der Waals surface area contributed by atoms with Crippen LogP contribution < -0.4 is 16.6 Å². The van der Waals surface area contributed by atoms with E-state index in [1.54, 1.807) is 6.07 Å². The molecule has 2 rings (SSSR count). The highest BCUT2D eigenvalue weighted by atomic mass is 16.5. The molecule has 1 aromatic carbocycles. The van der Waals surface area contributed by atoms with Crippen LogP contribution in [0.15, 0.2) is 18.2 Å². The number of ether oxygens (including phenoxy) is 1. The van der Waals surface area contributed by atoms with Crippen molar-refractivity contribution >= 4 is 11.6 Å². The molecular formula is C15H23N3O2. The molecule has 1 fully saturated rings. The van der Waals surface area contributed by atoms with E-state index < -0.39 is 0 Å². The zero-order chi connectivity index (χ0) is 14.5. The largest absolute Gasteiger partial charge is 0.378 e. The van der Waals surface area contributed by atoms with Crippen molar-refractivity contribution in [3.8, 4) is 0 Å². The topological polar surface area (TPSA) is 76.4 Å². The summed E-state index contributed by atoms with van der Waals surface area (Å²) in [6.45, 7) is 5.51. The Morgan fingerprint density at radius 1 is 1.50 bits per heavy atom. The third kappa shape index (κ3) is 3.29. The van der Waals surface area contributed by atoms with Gasteiger partial charge in [0.15, 0.2) is 0 Å². The summed E-state index contributed by atoms with van der Waals surface area (Å²) >= 11 is 0. The molecule has 4 N–H and O–H groups in total. The van der Waals surface area contributed by atoms with E-state index in [-0.39, 0.29) is 12.0 Å². The lowest BCUT2D eigenvalue weighted by Gasteiger charge is -2.17. The van der Waals surface area contributed by atoms with Crippen molar-refractivity contribution in [3.05, 3.63) is 29.3 Å². The number of anilines is 1. The summed E-state index contributed by atoms with van der Waals surface area (Å²) in [5.74, 6) is 5.77. The molecular weight excluding hydrogens is 254 g/mol. The molecule has 1 aliphatic rings. The van der Waals surface area contributed by atoms with Crippen molar-refractivity contribution in [1.29, 1.82) is 0 Å². The van der Waals surface area contributed by atoms with Crippen LogP contribution in [-0.2, 0) is 4.74 Å². The van der Waals surface area contributed by atoms with Gasteiger partial charge in [-0.15, -0.1) is 0 Å². The van der Waals surface area contributed by atoms with Gasteiger partial charge < -0.3 is 15.5 Å². The lowest BCUT2D eigenvalue weighted by atomic mass is 9.99. The maximum atomic E-state index is 12.1. The summed E-state index contributed by atoms with van der Waals surface area (Å²) in [6, 6.07) is 5.44. The number of nitrogens with one attached hydrogen (secondary N) is 2. The zero-order valence-electron chi connectivity index (χ0n) is 12.1. The summed E-state index contributed by atoms with van der Waals surface area (Å²) in [7, 11) is 0. The van der Waals surface area contributed by atoms with Crippen LogP contribution in [0.1, 0.15) is 35.7 Å². The Balaban J connectivity index is 1.93. The van der Waals surface area contributed by atoms with Gasteiger partial charge in [0.25, 0.3) is 5.91 Å². The van der Waals surface area contributed by atoms with Crippen LogP contribution in [0.25, 0.3) is 0 Å². The number of carbonyl (C=O) groups is 1. The highest BCUT2D eigenvalue weighted by Crippen LogP contribution is 2.22. The minimum Gasteiger partial charge on any atom is -0.378 e. The first kappa shape index (κ1) is 14.8. The second kappa shape index (κ2) is 6.72. The third-order valence-corrected chi connectivity index (χ3v) is 3.92. The first-order chi connectivity index (χ1) is 9.65. The molecule has 1 aliphatic heterocycles. The molecule has 110 valence electrons. The van der Waals surface area contributed by atoms with Crippen LogP contribution >= 0.6 is 0 Å². The SMILES string of the molecule is CCC1OCCC1CNC(=O)c1ccc(NN)c(C)c1. The second-order valence-electron chi connectivity index (χ2n) is 5.25. The summed E-state index contributed by atoms with van der Waals surface area (Å²) in [4.78, 5) is 12.1. The molecule has 2 unspecified atom stereocenters. The van der Waals surface area contributed by atoms with Gasteiger partial charge in [-0.2, -0.15) is 0 Å². The summed E-state index contributed by atoms with van der Waals surface area (Å²) < 4.78 is 5.63. The van der Waals surface area contributed by atoms with E-state index in [0.717, 1.165) is 30.7 Å². The molecule has 0 spiro atoms. The quantitative estimate of drug-likeness (QED) is 0.567. The molecule has 0 saturated carbocycles. The summed E-state index contributed by atoms with van der Waals surface area (Å²) in [6.07, 6.45) is 2.30. The zero-order valence-corrected chi connectivity index (χ0v) is 12.1. The fraction of sp³-hybridized carbons (Fsp3) is 0.533. The van der Waals surface area contributed by atoms with Gasteiger partial charge in [0.1, 0.15) is 0 Å². The molecule has 0 aromatic heterocycles. The number of carbonyl (C=O) groups excluding carboxylic acids is 1. The fourth-order valence-corrected chi connectivity index (χ4v) is 2.67. The number of aryl methyl sites for hydroxylation is 1. The molecule has 1 amide bonds. The Morgan fingerprint density at radius 2 is 2.30 bits per heavy atom. The first-order valence-corrected chi connectivity index (χ1v) is 7.12. The van der Waals surface area contributed by atoms with Crippen LogP contribution in [0.5, 0.6) is 0 Å². The molecule has 1 heterocycles. The average Bonchev–Trinajstić information content (AvgIpc) is 2.92. The van der Waals surface area contributed by atoms with E-state index in [2.05, 4.69) is 17.7 Å². The lowest BCUT2D eigenvalue weighted by molar-refractivity contribution is 0.0827. The Morgan fingerprint density at radius 3 is 2.95 bits per heavy atom. The molecule has 2 atom stereocenters. The van der Waals surface area contributed by atoms with E-state index in [1.807, 2.05) is 19.1 Å². The van der Waals surface area contributed by atoms with Crippen LogP contribution in [-0.4, -0.2) is 25.2 Å². The number of hydrogen-bond acceptors (Lipinski definition) is 4. The molecule has 5 heteroatoms. The maximum absolute atomic E-state index is 12.1. The van der Waals surface area contributed by atoms with Crippen molar-refractivity contribution in [2.45, 2.75) is 32.8 Å². The standard InChI is InChI=1S/C15H23N3O2/c1-3-14-12(6-7-20-14)9-17-15(19)11-4-5-13(18-16)10(2)8-11/h4-5,8,12,14,18H,3,6-7,9,16H2,1-2H3,(H,17,19). The van der Waals surface area contributed by atoms with Crippen molar-refractivity contribution in [1.82, 2.24) is 5.32 Å². The molecule has 0 bridgehead atoms. The van der Waals surface area contributed by atoms with Gasteiger partial charge in [-0.1, -0.05) is 6.92 Å². The van der Waals surface area contributed by atoms with Gasteiger partial charge in [0.2, 0.25) is 0 Å². The van der Waals surface area contributed by atoms with Crippen molar-refractivity contribution < 1.29 is 9.53 Å². The van der Waals surface area contributed by atoms with Crippen LogP contribution in [0.3, 0.4) is 0 Å². The van der Waals surface area contributed by atoms with Gasteiger partial charge in [-0.3, -0.25) is 10.6 Å². The van der Waals surface area contributed by atoms with E-state index in [0.29, 0.717) is 18.0 Å². The molecule has 0 radical (unpaired) electrons. The van der Waals surface area contributed by atoms with Crippen molar-refractivity contribution in [3.63, 3.8) is 0 Å². The predicted molar refractivity (Wildman–Crippen MR) is 79.5 cm³/mol. The van der Waals surface area contributed by atoms with E-state index in [9.17, 15) is 4.79 Å². The van der Waals surface area contributed by atoms with Crippen molar-refractivity contribution in [2.24, 2.45) is 11.8 Å². The second-order valence-corrected chi connectivity index (χ2v) is 5.25. The van der Waals surface area contributed by atoms with E-state index >= 15 is 0 Å². The Kier molecular flexibility index (Phi) is 4.98. The number of amides is 1. The number of nitrogen functional groups attached to an aromatic ring is 1. The van der Waals surface area contributed by atoms with Crippen LogP contribution in [0.2, 0.25) is 0 Å². The summed E-state index contributed by atoms with van der Waals surface area (Å²) in [5, 5.41) is 3.00. The lowest BCUT2D eigenvalue weighted by Crippen LogP contribution is -2.32. The Bertz CT molecular complexity index is 476. The van der Waals surface area contributed by atoms with E-state index in [1.165, 1.54) is 0 Å². The average molecular weight is 277 g/mol. The fourth-order valence-electron chi connectivity index (χ4n) is 2.67. The van der Waals surface area contributed by atoms with Crippen LogP contribution in [0.4, 0.5) is 5.69 Å². The first-order valence-electron chi connectivity index (χ1n) is 7.12. The van der Waals surface area contributed by atoms with Crippen LogP contribution in [0, 0.1) is 12.8 Å². The van der Waals surface area contributed by atoms with Gasteiger partial charge in [0, 0.05) is 24.6 Å². The van der Waals surface area contributed by atoms with Gasteiger partial charge in [-0.25, -0.2) is 0 Å². The normalized spacial score (nSPS) is 21.8. The molecule has 1 saturated heterocycles. The number of hydrogen-bond donors (Lipinski definition) is 3. The Hall–Kier alpha value is -1.59. The predicted octanol–water partition coefficient (Wildman–Crippen LogP) is 1.83. The molecule has 0 aliphatic carbocycles. The van der Waals surface area contributed by atoms with Gasteiger partial charge in [0.05, 0.1) is 11.8 Å². The minimum absolute atomic E-state index is 0.0431. The minimum atomic E-state index is -0.0431. The number of benzene rings is 1.